The van der Waals surface area contributed by atoms with Crippen LogP contribution in [0.2, 0.25) is 0 Å². The summed E-state index contributed by atoms with van der Waals surface area (Å²) in [5.41, 5.74) is 5.58. The molecule has 0 heterocycles. The molecule has 0 fully saturated rings. The molecule has 0 saturated carbocycles. The first-order valence-corrected chi connectivity index (χ1v) is 6.64. The molecule has 102 valence electrons. The molecule has 1 rings (SSSR count). The van der Waals surface area contributed by atoms with E-state index in [1.54, 1.807) is 0 Å². The van der Waals surface area contributed by atoms with E-state index in [9.17, 15) is 5.11 Å². The van der Waals surface area contributed by atoms with Crippen molar-refractivity contribution < 1.29 is 9.84 Å². The van der Waals surface area contributed by atoms with Crippen molar-refractivity contribution in [1.82, 2.24) is 0 Å². The quantitative estimate of drug-likeness (QED) is 0.697. The number of ether oxygens (including phenoxy) is 1. The minimum atomic E-state index is -0.973. The topological polar surface area (TPSA) is 55.5 Å². The third-order valence-electron chi connectivity index (χ3n) is 3.15. The lowest BCUT2D eigenvalue weighted by molar-refractivity contribution is 0.00138. The molecule has 1 unspecified atom stereocenters. The first kappa shape index (κ1) is 15.2. The summed E-state index contributed by atoms with van der Waals surface area (Å²) in [7, 11) is 0. The normalized spacial score (nSPS) is 14.7. The minimum Gasteiger partial charge on any atom is -0.384 e. The van der Waals surface area contributed by atoms with Crippen molar-refractivity contribution in [2.24, 2.45) is 11.7 Å². The van der Waals surface area contributed by atoms with Gasteiger partial charge in [0.25, 0.3) is 0 Å². The Morgan fingerprint density at radius 2 is 1.89 bits per heavy atom. The predicted molar refractivity (Wildman–Crippen MR) is 74.3 cm³/mol. The molecule has 3 N–H and O–H groups in total. The molecule has 1 aromatic carbocycles. The molecule has 0 radical (unpaired) electrons. The molecule has 0 aliphatic rings. The summed E-state index contributed by atoms with van der Waals surface area (Å²) in [6, 6.07) is 9.56. The van der Waals surface area contributed by atoms with Gasteiger partial charge in [0.1, 0.15) is 5.60 Å². The molecular weight excluding hydrogens is 226 g/mol. The number of benzene rings is 1. The van der Waals surface area contributed by atoms with Crippen LogP contribution in [0.25, 0.3) is 0 Å². The summed E-state index contributed by atoms with van der Waals surface area (Å²) in [5, 5.41) is 10.5. The maximum Gasteiger partial charge on any atom is 0.104 e. The van der Waals surface area contributed by atoms with E-state index in [0.717, 1.165) is 18.6 Å². The Bertz CT molecular complexity index is 327. The maximum absolute atomic E-state index is 10.5. The Morgan fingerprint density at radius 1 is 1.22 bits per heavy atom. The Kier molecular flexibility index (Phi) is 6.33. The van der Waals surface area contributed by atoms with Gasteiger partial charge in [0.15, 0.2) is 0 Å². The molecule has 0 aliphatic heterocycles. The number of hydrogen-bond donors (Lipinski definition) is 2. The van der Waals surface area contributed by atoms with Crippen LogP contribution in [-0.2, 0) is 10.3 Å². The minimum absolute atomic E-state index is 0.213. The molecule has 0 aromatic heterocycles. The second kappa shape index (κ2) is 7.52. The van der Waals surface area contributed by atoms with Gasteiger partial charge in [-0.15, -0.1) is 0 Å². The molecule has 1 atom stereocenters. The maximum atomic E-state index is 10.5. The van der Waals surface area contributed by atoms with Crippen molar-refractivity contribution in [3.8, 4) is 0 Å². The summed E-state index contributed by atoms with van der Waals surface area (Å²) in [5.74, 6) is 0.646. The van der Waals surface area contributed by atoms with Gasteiger partial charge in [0, 0.05) is 26.2 Å². The van der Waals surface area contributed by atoms with E-state index in [2.05, 4.69) is 13.8 Å². The number of nitrogens with two attached hydrogens (primary N) is 1. The largest absolute Gasteiger partial charge is 0.384 e. The smallest absolute Gasteiger partial charge is 0.104 e. The van der Waals surface area contributed by atoms with Crippen molar-refractivity contribution in [2.75, 3.05) is 19.8 Å². The van der Waals surface area contributed by atoms with E-state index >= 15 is 0 Å². The Balaban J connectivity index is 2.42. The van der Waals surface area contributed by atoms with Crippen LogP contribution in [0.4, 0.5) is 0 Å². The molecule has 1 aromatic rings. The van der Waals surface area contributed by atoms with Gasteiger partial charge in [-0.05, 0) is 17.9 Å². The van der Waals surface area contributed by atoms with Crippen LogP contribution in [0.1, 0.15) is 32.3 Å². The summed E-state index contributed by atoms with van der Waals surface area (Å²) in [4.78, 5) is 0. The first-order valence-electron chi connectivity index (χ1n) is 6.64. The van der Waals surface area contributed by atoms with Crippen molar-refractivity contribution in [1.29, 1.82) is 0 Å². The van der Waals surface area contributed by atoms with Crippen molar-refractivity contribution in [2.45, 2.75) is 32.3 Å². The molecule has 3 heteroatoms. The lowest BCUT2D eigenvalue weighted by Crippen LogP contribution is -2.36. The fourth-order valence-corrected chi connectivity index (χ4v) is 1.77. The third-order valence-corrected chi connectivity index (χ3v) is 3.15. The fourth-order valence-electron chi connectivity index (χ4n) is 1.77. The summed E-state index contributed by atoms with van der Waals surface area (Å²) >= 11 is 0. The van der Waals surface area contributed by atoms with E-state index in [1.807, 2.05) is 30.3 Å². The van der Waals surface area contributed by atoms with Crippen LogP contribution in [0.3, 0.4) is 0 Å². The van der Waals surface area contributed by atoms with Gasteiger partial charge >= 0.3 is 0 Å². The van der Waals surface area contributed by atoms with Gasteiger partial charge in [-0.25, -0.2) is 0 Å². The van der Waals surface area contributed by atoms with Gasteiger partial charge in [0.2, 0.25) is 0 Å². The summed E-state index contributed by atoms with van der Waals surface area (Å²) in [6.07, 6.45) is 1.58. The molecule has 0 bridgehead atoms. The van der Waals surface area contributed by atoms with E-state index < -0.39 is 5.60 Å². The summed E-state index contributed by atoms with van der Waals surface area (Å²) < 4.78 is 5.55. The SMILES string of the molecule is CC(C)CCOCCC(O)(CN)c1ccccc1. The Morgan fingerprint density at radius 3 is 2.44 bits per heavy atom. The second-order valence-electron chi connectivity index (χ2n) is 5.15. The lowest BCUT2D eigenvalue weighted by atomic mass is 9.91. The highest BCUT2D eigenvalue weighted by Gasteiger charge is 2.26. The Hall–Kier alpha value is -0.900. The van der Waals surface area contributed by atoms with Crippen molar-refractivity contribution >= 4 is 0 Å². The van der Waals surface area contributed by atoms with Gasteiger partial charge in [-0.3, -0.25) is 0 Å². The van der Waals surface area contributed by atoms with Crippen LogP contribution in [-0.4, -0.2) is 24.9 Å². The van der Waals surface area contributed by atoms with Crippen molar-refractivity contribution in [3.63, 3.8) is 0 Å². The molecule has 0 aliphatic carbocycles. The van der Waals surface area contributed by atoms with Gasteiger partial charge in [-0.1, -0.05) is 44.2 Å². The molecule has 0 saturated heterocycles. The lowest BCUT2D eigenvalue weighted by Gasteiger charge is -2.27. The van der Waals surface area contributed by atoms with Gasteiger partial charge < -0.3 is 15.6 Å². The first-order chi connectivity index (χ1) is 8.58. The molecule has 0 spiro atoms. The van der Waals surface area contributed by atoms with E-state index in [-0.39, 0.29) is 6.54 Å². The average molecular weight is 251 g/mol. The second-order valence-corrected chi connectivity index (χ2v) is 5.15. The zero-order chi connectivity index (χ0) is 13.4. The van der Waals surface area contributed by atoms with Crippen LogP contribution in [0, 0.1) is 5.92 Å². The molecule has 3 nitrogen and oxygen atoms in total. The summed E-state index contributed by atoms with van der Waals surface area (Å²) in [6.45, 7) is 5.83. The van der Waals surface area contributed by atoms with Crippen LogP contribution < -0.4 is 5.73 Å². The van der Waals surface area contributed by atoms with Crippen molar-refractivity contribution in [3.05, 3.63) is 35.9 Å². The fraction of sp³-hybridized carbons (Fsp3) is 0.600. The van der Waals surface area contributed by atoms with Crippen LogP contribution in [0.5, 0.6) is 0 Å². The number of aliphatic hydroxyl groups is 1. The highest BCUT2D eigenvalue weighted by Crippen LogP contribution is 2.23. The molecule has 18 heavy (non-hydrogen) atoms. The number of rotatable bonds is 8. The standard InChI is InChI=1S/C15H25NO2/c1-13(2)8-10-18-11-9-15(17,12-16)14-6-4-3-5-7-14/h3-7,13,17H,8-12,16H2,1-2H3. The van der Waals surface area contributed by atoms with Gasteiger partial charge in [-0.2, -0.15) is 0 Å². The zero-order valence-electron chi connectivity index (χ0n) is 11.4. The third kappa shape index (κ3) is 4.77. The average Bonchev–Trinajstić information content (AvgIpc) is 2.38. The van der Waals surface area contributed by atoms with E-state index in [0.29, 0.717) is 18.9 Å². The highest BCUT2D eigenvalue weighted by atomic mass is 16.5. The number of hydrogen-bond acceptors (Lipinski definition) is 3. The Labute approximate surface area is 110 Å². The monoisotopic (exact) mass is 251 g/mol. The van der Waals surface area contributed by atoms with Crippen LogP contribution in [0.15, 0.2) is 30.3 Å². The zero-order valence-corrected chi connectivity index (χ0v) is 11.4. The highest BCUT2D eigenvalue weighted by molar-refractivity contribution is 5.22. The predicted octanol–water partition coefficient (Wildman–Crippen LogP) is 2.29. The molecule has 0 amide bonds. The molecular formula is C15H25NO2. The van der Waals surface area contributed by atoms with Gasteiger partial charge in [0.05, 0.1) is 0 Å². The van der Waals surface area contributed by atoms with E-state index in [4.69, 9.17) is 10.5 Å². The van der Waals surface area contributed by atoms with E-state index in [1.165, 1.54) is 0 Å². The van der Waals surface area contributed by atoms with Crippen LogP contribution >= 0.6 is 0 Å².